The van der Waals surface area contributed by atoms with Gasteiger partial charge in [0.25, 0.3) is 0 Å². The molecule has 1 fully saturated rings. The zero-order valence-corrected chi connectivity index (χ0v) is 13.9. The smallest absolute Gasteiger partial charge is 0.213 e. The second-order valence-corrected chi connectivity index (χ2v) is 7.88. The van der Waals surface area contributed by atoms with Crippen molar-refractivity contribution in [2.45, 2.75) is 39.8 Å². The van der Waals surface area contributed by atoms with E-state index < -0.39 is 10.0 Å². The number of aromatic nitrogens is 2. The lowest BCUT2D eigenvalue weighted by Gasteiger charge is -2.32. The van der Waals surface area contributed by atoms with Gasteiger partial charge in [-0.15, -0.1) is 0 Å². The zero-order chi connectivity index (χ0) is 15.5. The summed E-state index contributed by atoms with van der Waals surface area (Å²) in [6, 6.07) is 0. The molecule has 0 aromatic carbocycles. The van der Waals surface area contributed by atoms with Crippen molar-refractivity contribution in [3.63, 3.8) is 0 Å². The van der Waals surface area contributed by atoms with Gasteiger partial charge in [-0.25, -0.2) is 17.7 Å². The molecule has 0 spiro atoms. The molecule has 1 atom stereocenters. The number of ether oxygens (including phenoxy) is 1. The first-order valence-corrected chi connectivity index (χ1v) is 9.06. The summed E-state index contributed by atoms with van der Waals surface area (Å²) in [5.41, 5.74) is 1.09. The first kappa shape index (κ1) is 16.5. The topological polar surface area (TPSA) is 64.4 Å². The molecule has 1 aromatic heterocycles. The van der Waals surface area contributed by atoms with Crippen LogP contribution in [0.5, 0.6) is 0 Å². The molecule has 1 saturated heterocycles. The van der Waals surface area contributed by atoms with Gasteiger partial charge in [0.1, 0.15) is 12.4 Å². The third-order valence-corrected chi connectivity index (χ3v) is 5.94. The number of aryl methyl sites for hydroxylation is 1. The Hall–Kier alpha value is -0.920. The molecule has 2 heterocycles. The summed E-state index contributed by atoms with van der Waals surface area (Å²) in [5, 5.41) is 0. The standard InChI is InChI=1S/C14H25N3O3S/c1-4-21(18,19)16-7-5-6-13(9-16)10-17-12(2)8-15-14(17)11-20-3/h8,13H,4-7,9-11H2,1-3H3. The number of hydrogen-bond acceptors (Lipinski definition) is 4. The van der Waals surface area contributed by atoms with E-state index in [4.69, 9.17) is 4.74 Å². The highest BCUT2D eigenvalue weighted by Gasteiger charge is 2.28. The van der Waals surface area contributed by atoms with Crippen molar-refractivity contribution in [2.75, 3.05) is 26.0 Å². The largest absolute Gasteiger partial charge is 0.377 e. The van der Waals surface area contributed by atoms with E-state index in [2.05, 4.69) is 9.55 Å². The van der Waals surface area contributed by atoms with Gasteiger partial charge in [0.15, 0.2) is 0 Å². The molecule has 0 radical (unpaired) electrons. The van der Waals surface area contributed by atoms with E-state index in [1.165, 1.54) is 0 Å². The van der Waals surface area contributed by atoms with Crippen LogP contribution in [0.15, 0.2) is 6.20 Å². The summed E-state index contributed by atoms with van der Waals surface area (Å²) in [5.74, 6) is 1.42. The molecule has 0 amide bonds. The van der Waals surface area contributed by atoms with Gasteiger partial charge >= 0.3 is 0 Å². The molecule has 1 aliphatic heterocycles. The molecular weight excluding hydrogens is 290 g/mol. The monoisotopic (exact) mass is 315 g/mol. The molecule has 0 bridgehead atoms. The molecule has 2 rings (SSSR count). The predicted molar refractivity (Wildman–Crippen MR) is 81.4 cm³/mol. The molecular formula is C14H25N3O3S. The fraction of sp³-hybridized carbons (Fsp3) is 0.786. The fourth-order valence-electron chi connectivity index (χ4n) is 2.87. The molecule has 1 aromatic rings. The van der Waals surface area contributed by atoms with Gasteiger partial charge in [-0.1, -0.05) is 0 Å². The van der Waals surface area contributed by atoms with E-state index in [-0.39, 0.29) is 5.75 Å². The van der Waals surface area contributed by atoms with Crippen LogP contribution < -0.4 is 0 Å². The fourth-order valence-corrected chi connectivity index (χ4v) is 4.08. The normalized spacial score (nSPS) is 20.8. The third kappa shape index (κ3) is 3.84. The minimum Gasteiger partial charge on any atom is -0.377 e. The molecule has 1 aliphatic rings. The minimum atomic E-state index is -3.08. The summed E-state index contributed by atoms with van der Waals surface area (Å²) < 4.78 is 33.0. The van der Waals surface area contributed by atoms with Crippen LogP contribution in [0.2, 0.25) is 0 Å². The Morgan fingerprint density at radius 2 is 2.24 bits per heavy atom. The molecule has 120 valence electrons. The zero-order valence-electron chi connectivity index (χ0n) is 13.1. The lowest BCUT2D eigenvalue weighted by atomic mass is 9.99. The maximum atomic E-state index is 12.0. The van der Waals surface area contributed by atoms with Gasteiger partial charge in [0, 0.05) is 38.6 Å². The number of piperidine rings is 1. The minimum absolute atomic E-state index is 0.179. The highest BCUT2D eigenvalue weighted by molar-refractivity contribution is 7.89. The summed E-state index contributed by atoms with van der Waals surface area (Å²) in [7, 11) is -1.42. The van der Waals surface area contributed by atoms with Crippen molar-refractivity contribution in [1.29, 1.82) is 0 Å². The van der Waals surface area contributed by atoms with Gasteiger partial charge in [-0.2, -0.15) is 0 Å². The van der Waals surface area contributed by atoms with Crippen LogP contribution in [0.3, 0.4) is 0 Å². The van der Waals surface area contributed by atoms with Crippen molar-refractivity contribution in [2.24, 2.45) is 5.92 Å². The van der Waals surface area contributed by atoms with Gasteiger partial charge < -0.3 is 9.30 Å². The molecule has 7 heteroatoms. The quantitative estimate of drug-likeness (QED) is 0.796. The summed E-state index contributed by atoms with van der Waals surface area (Å²) in [6.07, 6.45) is 3.83. The summed E-state index contributed by atoms with van der Waals surface area (Å²) in [4.78, 5) is 4.36. The molecule has 6 nitrogen and oxygen atoms in total. The van der Waals surface area contributed by atoms with E-state index in [0.717, 1.165) is 30.9 Å². The van der Waals surface area contributed by atoms with Crippen molar-refractivity contribution in [3.05, 3.63) is 17.7 Å². The van der Waals surface area contributed by atoms with Crippen LogP contribution in [0.1, 0.15) is 31.3 Å². The van der Waals surface area contributed by atoms with Gasteiger partial charge in [-0.3, -0.25) is 0 Å². The van der Waals surface area contributed by atoms with Crippen LogP contribution in [-0.4, -0.2) is 48.2 Å². The first-order chi connectivity index (χ1) is 9.97. The van der Waals surface area contributed by atoms with E-state index in [1.807, 2.05) is 13.1 Å². The Morgan fingerprint density at radius 3 is 2.90 bits per heavy atom. The summed E-state index contributed by atoms with van der Waals surface area (Å²) >= 11 is 0. The Labute approximate surface area is 127 Å². The Morgan fingerprint density at radius 1 is 1.48 bits per heavy atom. The van der Waals surface area contributed by atoms with Gasteiger partial charge in [0.2, 0.25) is 10.0 Å². The van der Waals surface area contributed by atoms with Crippen LogP contribution >= 0.6 is 0 Å². The molecule has 21 heavy (non-hydrogen) atoms. The number of nitrogens with zero attached hydrogens (tertiary/aromatic N) is 3. The van der Waals surface area contributed by atoms with Crippen molar-refractivity contribution in [3.8, 4) is 0 Å². The van der Waals surface area contributed by atoms with E-state index >= 15 is 0 Å². The number of sulfonamides is 1. The molecule has 1 unspecified atom stereocenters. The maximum Gasteiger partial charge on any atom is 0.213 e. The molecule has 0 aliphatic carbocycles. The SMILES string of the molecule is CCS(=O)(=O)N1CCCC(Cn2c(C)cnc2COC)C1. The number of rotatable bonds is 6. The van der Waals surface area contributed by atoms with E-state index in [1.54, 1.807) is 18.3 Å². The van der Waals surface area contributed by atoms with Crippen LogP contribution in [0, 0.1) is 12.8 Å². The van der Waals surface area contributed by atoms with Gasteiger partial charge in [-0.05, 0) is 32.6 Å². The Balaban J connectivity index is 2.08. The summed E-state index contributed by atoms with van der Waals surface area (Å²) in [6.45, 7) is 6.28. The van der Waals surface area contributed by atoms with Crippen molar-refractivity contribution < 1.29 is 13.2 Å². The molecule has 0 saturated carbocycles. The highest BCUT2D eigenvalue weighted by atomic mass is 32.2. The highest BCUT2D eigenvalue weighted by Crippen LogP contribution is 2.22. The number of hydrogen-bond donors (Lipinski definition) is 0. The number of methoxy groups -OCH3 is 1. The maximum absolute atomic E-state index is 12.0. The van der Waals surface area contributed by atoms with E-state index in [0.29, 0.717) is 25.6 Å². The second kappa shape index (κ2) is 6.89. The van der Waals surface area contributed by atoms with Crippen molar-refractivity contribution in [1.82, 2.24) is 13.9 Å². The molecule has 0 N–H and O–H groups in total. The van der Waals surface area contributed by atoms with Crippen molar-refractivity contribution >= 4 is 10.0 Å². The van der Waals surface area contributed by atoms with Crippen LogP contribution in [0.25, 0.3) is 0 Å². The lowest BCUT2D eigenvalue weighted by Crippen LogP contribution is -2.41. The lowest BCUT2D eigenvalue weighted by molar-refractivity contribution is 0.169. The number of imidazole rings is 1. The van der Waals surface area contributed by atoms with Crippen LogP contribution in [0.4, 0.5) is 0 Å². The second-order valence-electron chi connectivity index (χ2n) is 5.63. The van der Waals surface area contributed by atoms with Crippen LogP contribution in [-0.2, 0) is 27.9 Å². The van der Waals surface area contributed by atoms with E-state index in [9.17, 15) is 8.42 Å². The predicted octanol–water partition coefficient (Wildman–Crippen LogP) is 1.40. The van der Waals surface area contributed by atoms with Gasteiger partial charge in [0.05, 0.1) is 5.75 Å². The average molecular weight is 315 g/mol. The Bertz CT molecular complexity index is 568. The Kier molecular flexibility index (Phi) is 5.40. The first-order valence-electron chi connectivity index (χ1n) is 7.45. The third-order valence-electron chi connectivity index (χ3n) is 4.09. The average Bonchev–Trinajstić information content (AvgIpc) is 2.81.